The van der Waals surface area contributed by atoms with Crippen LogP contribution in [-0.2, 0) is 12.0 Å². The third-order valence-corrected chi connectivity index (χ3v) is 3.10. The molecular formula is C15H21N3O. The number of hydrogen-bond acceptors (Lipinski definition) is 3. The molecule has 4 nitrogen and oxygen atoms in total. The van der Waals surface area contributed by atoms with Gasteiger partial charge in [0, 0.05) is 6.42 Å². The Kier molecular flexibility index (Phi) is 3.71. The van der Waals surface area contributed by atoms with Gasteiger partial charge in [-0.3, -0.25) is 5.10 Å². The summed E-state index contributed by atoms with van der Waals surface area (Å²) in [4.78, 5) is 4.32. The second-order valence-electron chi connectivity index (χ2n) is 5.74. The fraction of sp³-hybridized carbons (Fsp3) is 0.467. The first kappa shape index (κ1) is 13.7. The monoisotopic (exact) mass is 259 g/mol. The van der Waals surface area contributed by atoms with Gasteiger partial charge in [0.15, 0.2) is 5.82 Å². The van der Waals surface area contributed by atoms with Gasteiger partial charge in [0.25, 0.3) is 0 Å². The largest absolute Gasteiger partial charge is 0.382 e. The number of aliphatic hydroxyl groups is 1. The van der Waals surface area contributed by atoms with Crippen LogP contribution in [0.1, 0.15) is 56.4 Å². The molecule has 1 aromatic carbocycles. The smallest absolute Gasteiger partial charge is 0.181 e. The highest BCUT2D eigenvalue weighted by atomic mass is 16.3. The van der Waals surface area contributed by atoms with Crippen LogP contribution in [0.25, 0.3) is 0 Å². The molecule has 2 N–H and O–H groups in total. The molecule has 0 amide bonds. The Morgan fingerprint density at radius 3 is 2.32 bits per heavy atom. The SMILES string of the molecule is CC(C)c1ccc(Cc2nc(C(C)(C)O)n[nH]2)cc1. The van der Waals surface area contributed by atoms with E-state index in [0.717, 1.165) is 5.82 Å². The van der Waals surface area contributed by atoms with E-state index >= 15 is 0 Å². The van der Waals surface area contributed by atoms with Crippen molar-refractivity contribution in [3.05, 3.63) is 47.0 Å². The molecule has 0 saturated carbocycles. The summed E-state index contributed by atoms with van der Waals surface area (Å²) in [7, 11) is 0. The second kappa shape index (κ2) is 5.13. The number of aromatic amines is 1. The van der Waals surface area contributed by atoms with Gasteiger partial charge in [-0.25, -0.2) is 4.98 Å². The Bertz CT molecular complexity index is 535. The molecular weight excluding hydrogens is 238 g/mol. The summed E-state index contributed by atoms with van der Waals surface area (Å²) in [5, 5.41) is 16.7. The van der Waals surface area contributed by atoms with Crippen LogP contribution in [-0.4, -0.2) is 20.3 Å². The molecule has 1 aromatic heterocycles. The molecule has 0 spiro atoms. The van der Waals surface area contributed by atoms with Crippen LogP contribution in [0.3, 0.4) is 0 Å². The molecule has 0 bridgehead atoms. The second-order valence-corrected chi connectivity index (χ2v) is 5.74. The number of hydrogen-bond donors (Lipinski definition) is 2. The maximum atomic E-state index is 9.82. The average molecular weight is 259 g/mol. The first-order valence-electron chi connectivity index (χ1n) is 6.59. The van der Waals surface area contributed by atoms with Crippen LogP contribution >= 0.6 is 0 Å². The number of aromatic nitrogens is 3. The standard InChI is InChI=1S/C15H21N3O/c1-10(2)12-7-5-11(6-8-12)9-13-16-14(18-17-13)15(3,4)19/h5-8,10,19H,9H2,1-4H3,(H,16,17,18). The molecule has 2 aromatic rings. The van der Waals surface area contributed by atoms with E-state index in [2.05, 4.69) is 53.3 Å². The molecule has 0 aliphatic carbocycles. The summed E-state index contributed by atoms with van der Waals surface area (Å²) < 4.78 is 0. The lowest BCUT2D eigenvalue weighted by Gasteiger charge is -2.10. The molecule has 102 valence electrons. The zero-order valence-corrected chi connectivity index (χ0v) is 11.9. The van der Waals surface area contributed by atoms with E-state index in [1.807, 2.05) is 0 Å². The molecule has 0 aliphatic rings. The van der Waals surface area contributed by atoms with E-state index in [1.54, 1.807) is 13.8 Å². The number of nitrogens with one attached hydrogen (secondary N) is 1. The fourth-order valence-electron chi connectivity index (χ4n) is 1.86. The van der Waals surface area contributed by atoms with Crippen LogP contribution in [0, 0.1) is 0 Å². The number of H-pyrrole nitrogens is 1. The van der Waals surface area contributed by atoms with Crippen molar-refractivity contribution < 1.29 is 5.11 Å². The number of nitrogens with zero attached hydrogens (tertiary/aromatic N) is 2. The Balaban J connectivity index is 2.11. The van der Waals surface area contributed by atoms with Gasteiger partial charge in [0.2, 0.25) is 0 Å². The first-order chi connectivity index (χ1) is 8.86. The van der Waals surface area contributed by atoms with Crippen molar-refractivity contribution in [2.45, 2.75) is 45.6 Å². The maximum absolute atomic E-state index is 9.82. The summed E-state index contributed by atoms with van der Waals surface area (Å²) in [6.45, 7) is 7.72. The quantitative estimate of drug-likeness (QED) is 0.887. The van der Waals surface area contributed by atoms with Crippen molar-refractivity contribution in [1.29, 1.82) is 0 Å². The summed E-state index contributed by atoms with van der Waals surface area (Å²) in [6.07, 6.45) is 0.696. The molecule has 0 atom stereocenters. The molecule has 19 heavy (non-hydrogen) atoms. The van der Waals surface area contributed by atoms with Gasteiger partial charge in [0.1, 0.15) is 11.4 Å². The van der Waals surface area contributed by atoms with Gasteiger partial charge < -0.3 is 5.11 Å². The Morgan fingerprint density at radius 2 is 1.84 bits per heavy atom. The van der Waals surface area contributed by atoms with Gasteiger partial charge in [-0.05, 0) is 30.9 Å². The summed E-state index contributed by atoms with van der Waals surface area (Å²) in [5.41, 5.74) is 1.51. The zero-order valence-electron chi connectivity index (χ0n) is 11.9. The van der Waals surface area contributed by atoms with E-state index < -0.39 is 5.60 Å². The predicted molar refractivity (Wildman–Crippen MR) is 75.0 cm³/mol. The number of rotatable bonds is 4. The summed E-state index contributed by atoms with van der Waals surface area (Å²) >= 11 is 0. The highest BCUT2D eigenvalue weighted by Gasteiger charge is 2.21. The minimum atomic E-state index is -1.00. The lowest BCUT2D eigenvalue weighted by Crippen LogP contribution is -2.17. The first-order valence-corrected chi connectivity index (χ1v) is 6.59. The van der Waals surface area contributed by atoms with Crippen molar-refractivity contribution in [3.63, 3.8) is 0 Å². The van der Waals surface area contributed by atoms with Gasteiger partial charge in [-0.15, -0.1) is 0 Å². The van der Waals surface area contributed by atoms with Gasteiger partial charge in [-0.1, -0.05) is 38.1 Å². The highest BCUT2D eigenvalue weighted by Crippen LogP contribution is 2.17. The zero-order chi connectivity index (χ0) is 14.0. The van der Waals surface area contributed by atoms with E-state index in [1.165, 1.54) is 11.1 Å². The van der Waals surface area contributed by atoms with Gasteiger partial charge in [-0.2, -0.15) is 5.10 Å². The van der Waals surface area contributed by atoms with Crippen molar-refractivity contribution >= 4 is 0 Å². The third-order valence-electron chi connectivity index (χ3n) is 3.10. The molecule has 4 heteroatoms. The molecule has 1 heterocycles. The minimum Gasteiger partial charge on any atom is -0.382 e. The van der Waals surface area contributed by atoms with Crippen LogP contribution in [0.5, 0.6) is 0 Å². The molecule has 0 radical (unpaired) electrons. The third kappa shape index (κ3) is 3.41. The molecule has 2 rings (SSSR count). The van der Waals surface area contributed by atoms with Crippen LogP contribution < -0.4 is 0 Å². The van der Waals surface area contributed by atoms with E-state index in [4.69, 9.17) is 0 Å². The van der Waals surface area contributed by atoms with E-state index in [0.29, 0.717) is 18.2 Å². The van der Waals surface area contributed by atoms with Gasteiger partial charge in [0.05, 0.1) is 0 Å². The Morgan fingerprint density at radius 1 is 1.21 bits per heavy atom. The maximum Gasteiger partial charge on any atom is 0.181 e. The molecule has 0 fully saturated rings. The number of benzene rings is 1. The van der Waals surface area contributed by atoms with Crippen molar-refractivity contribution in [3.8, 4) is 0 Å². The molecule has 0 aliphatic heterocycles. The summed E-state index contributed by atoms with van der Waals surface area (Å²) in [6, 6.07) is 8.52. The molecule has 0 unspecified atom stereocenters. The van der Waals surface area contributed by atoms with Crippen molar-refractivity contribution in [1.82, 2.24) is 15.2 Å². The lowest BCUT2D eigenvalue weighted by molar-refractivity contribution is 0.0691. The lowest BCUT2D eigenvalue weighted by atomic mass is 10.0. The van der Waals surface area contributed by atoms with E-state index in [9.17, 15) is 5.11 Å². The highest BCUT2D eigenvalue weighted by molar-refractivity contribution is 5.26. The normalized spacial score (nSPS) is 12.1. The van der Waals surface area contributed by atoms with Crippen LogP contribution in [0.2, 0.25) is 0 Å². The van der Waals surface area contributed by atoms with E-state index in [-0.39, 0.29) is 0 Å². The fourth-order valence-corrected chi connectivity index (χ4v) is 1.86. The van der Waals surface area contributed by atoms with Crippen molar-refractivity contribution in [2.75, 3.05) is 0 Å². The minimum absolute atomic E-state index is 0.432. The van der Waals surface area contributed by atoms with Gasteiger partial charge >= 0.3 is 0 Å². The summed E-state index contributed by atoms with van der Waals surface area (Å²) in [5.74, 6) is 1.75. The topological polar surface area (TPSA) is 61.8 Å². The van der Waals surface area contributed by atoms with Crippen LogP contribution in [0.15, 0.2) is 24.3 Å². The average Bonchev–Trinajstić information content (AvgIpc) is 2.78. The predicted octanol–water partition coefficient (Wildman–Crippen LogP) is 2.75. The Hall–Kier alpha value is -1.68. The van der Waals surface area contributed by atoms with Crippen molar-refractivity contribution in [2.24, 2.45) is 0 Å². The molecule has 0 saturated heterocycles. The Labute approximate surface area is 113 Å². The van der Waals surface area contributed by atoms with Crippen LogP contribution in [0.4, 0.5) is 0 Å².